The lowest BCUT2D eigenvalue weighted by molar-refractivity contribution is 0.388. The number of aromatic nitrogens is 2. The highest BCUT2D eigenvalue weighted by Gasteiger charge is 2.15. The van der Waals surface area contributed by atoms with Crippen molar-refractivity contribution >= 4 is 27.4 Å². The van der Waals surface area contributed by atoms with Gasteiger partial charge in [0.25, 0.3) is 0 Å². The molecule has 0 atom stereocenters. The molecule has 23 heavy (non-hydrogen) atoms. The molecule has 0 aliphatic rings. The van der Waals surface area contributed by atoms with Crippen LogP contribution in [0.1, 0.15) is 13.8 Å². The zero-order chi connectivity index (χ0) is 16.6. The van der Waals surface area contributed by atoms with Crippen LogP contribution < -0.4 is 10.1 Å². The Balaban J connectivity index is 2.11. The molecule has 0 radical (unpaired) electrons. The van der Waals surface area contributed by atoms with Crippen LogP contribution in [0.4, 0.5) is 9.52 Å². The van der Waals surface area contributed by atoms with Gasteiger partial charge >= 0.3 is 0 Å². The SMILES string of the molecule is COc1ccc2c(O)cc(-c3csc(NC(C)C)n3)nc2c1F. The zero-order valence-electron chi connectivity index (χ0n) is 12.9. The second-order valence-corrected chi connectivity index (χ2v) is 6.20. The number of ether oxygens (including phenoxy) is 1. The number of halogens is 1. The number of hydrogen-bond donors (Lipinski definition) is 2. The summed E-state index contributed by atoms with van der Waals surface area (Å²) in [4.78, 5) is 8.73. The van der Waals surface area contributed by atoms with Crippen LogP contribution in [0.15, 0.2) is 23.6 Å². The maximum atomic E-state index is 14.4. The second-order valence-electron chi connectivity index (χ2n) is 5.34. The molecule has 0 spiro atoms. The fourth-order valence-corrected chi connectivity index (χ4v) is 3.07. The lowest BCUT2D eigenvalue weighted by Gasteiger charge is -2.08. The van der Waals surface area contributed by atoms with E-state index in [1.807, 2.05) is 19.2 Å². The van der Waals surface area contributed by atoms with Gasteiger partial charge in [0.2, 0.25) is 0 Å². The third-order valence-electron chi connectivity index (χ3n) is 3.26. The van der Waals surface area contributed by atoms with E-state index in [1.165, 1.54) is 30.6 Å². The number of nitrogens with one attached hydrogen (secondary N) is 1. The smallest absolute Gasteiger partial charge is 0.191 e. The van der Waals surface area contributed by atoms with Gasteiger partial charge in [0, 0.05) is 22.9 Å². The molecule has 3 aromatic rings. The molecule has 7 heteroatoms. The Kier molecular flexibility index (Phi) is 4.04. The predicted molar refractivity (Wildman–Crippen MR) is 89.8 cm³/mol. The van der Waals surface area contributed by atoms with Crippen LogP contribution in [-0.4, -0.2) is 28.2 Å². The van der Waals surface area contributed by atoms with Gasteiger partial charge in [0.1, 0.15) is 17.0 Å². The number of nitrogens with zero attached hydrogens (tertiary/aromatic N) is 2. The van der Waals surface area contributed by atoms with E-state index in [1.54, 1.807) is 6.07 Å². The van der Waals surface area contributed by atoms with E-state index in [9.17, 15) is 9.50 Å². The van der Waals surface area contributed by atoms with Gasteiger partial charge in [0.15, 0.2) is 16.7 Å². The lowest BCUT2D eigenvalue weighted by atomic mass is 10.1. The van der Waals surface area contributed by atoms with E-state index >= 15 is 0 Å². The number of pyridine rings is 1. The van der Waals surface area contributed by atoms with Crippen LogP contribution >= 0.6 is 11.3 Å². The van der Waals surface area contributed by atoms with Gasteiger partial charge in [-0.05, 0) is 26.0 Å². The fourth-order valence-electron chi connectivity index (χ4n) is 2.22. The summed E-state index contributed by atoms with van der Waals surface area (Å²) in [5.41, 5.74) is 1.05. The van der Waals surface area contributed by atoms with Gasteiger partial charge in [-0.1, -0.05) is 0 Å². The molecule has 0 bridgehead atoms. The van der Waals surface area contributed by atoms with Crippen LogP contribution in [0.5, 0.6) is 11.5 Å². The Bertz CT molecular complexity index is 864. The fraction of sp³-hybridized carbons (Fsp3) is 0.250. The number of rotatable bonds is 4. The Morgan fingerprint density at radius 1 is 1.26 bits per heavy atom. The number of hydrogen-bond acceptors (Lipinski definition) is 6. The van der Waals surface area contributed by atoms with E-state index in [4.69, 9.17) is 4.74 Å². The van der Waals surface area contributed by atoms with Crippen molar-refractivity contribution in [3.8, 4) is 22.9 Å². The minimum Gasteiger partial charge on any atom is -0.507 e. The highest BCUT2D eigenvalue weighted by molar-refractivity contribution is 7.14. The van der Waals surface area contributed by atoms with Crippen molar-refractivity contribution in [1.82, 2.24) is 9.97 Å². The van der Waals surface area contributed by atoms with Crippen molar-refractivity contribution in [3.63, 3.8) is 0 Å². The number of methoxy groups -OCH3 is 1. The second kappa shape index (κ2) is 6.00. The standard InChI is InChI=1S/C16H16FN3O2S/c1-8(2)18-16-20-11(7-23-16)10-6-12(21)9-4-5-13(22-3)14(17)15(9)19-10/h4-8H,1-3H3,(H,18,20)(H,19,21). The minimum atomic E-state index is -0.599. The highest BCUT2D eigenvalue weighted by Crippen LogP contribution is 2.34. The third kappa shape index (κ3) is 2.92. The monoisotopic (exact) mass is 333 g/mol. The summed E-state index contributed by atoms with van der Waals surface area (Å²) < 4.78 is 19.4. The van der Waals surface area contributed by atoms with E-state index in [-0.39, 0.29) is 23.1 Å². The molecule has 2 heterocycles. The van der Waals surface area contributed by atoms with Crippen LogP contribution in [0.2, 0.25) is 0 Å². The number of benzene rings is 1. The topological polar surface area (TPSA) is 67.3 Å². The first kappa shape index (κ1) is 15.5. The Morgan fingerprint density at radius 3 is 2.74 bits per heavy atom. The lowest BCUT2D eigenvalue weighted by Crippen LogP contribution is -2.09. The number of aromatic hydroxyl groups is 1. The van der Waals surface area contributed by atoms with E-state index in [2.05, 4.69) is 15.3 Å². The molecule has 0 saturated heterocycles. The molecule has 0 fully saturated rings. The summed E-state index contributed by atoms with van der Waals surface area (Å²) in [6.45, 7) is 4.03. The summed E-state index contributed by atoms with van der Waals surface area (Å²) in [5, 5.41) is 16.3. The first-order chi connectivity index (χ1) is 11.0. The quantitative estimate of drug-likeness (QED) is 0.754. The number of fused-ring (bicyclic) bond motifs is 1. The Hall–Kier alpha value is -2.41. The van der Waals surface area contributed by atoms with E-state index in [0.29, 0.717) is 16.8 Å². The van der Waals surface area contributed by atoms with E-state index in [0.717, 1.165) is 5.13 Å². The molecule has 0 amide bonds. The molecule has 2 N–H and O–H groups in total. The maximum Gasteiger partial charge on any atom is 0.191 e. The van der Waals surface area contributed by atoms with Crippen molar-refractivity contribution in [2.24, 2.45) is 0 Å². The minimum absolute atomic E-state index is 0.0436. The molecule has 5 nitrogen and oxygen atoms in total. The normalized spacial score (nSPS) is 11.2. The summed E-state index contributed by atoms with van der Waals surface area (Å²) in [7, 11) is 1.39. The summed E-state index contributed by atoms with van der Waals surface area (Å²) in [6.07, 6.45) is 0. The molecular weight excluding hydrogens is 317 g/mol. The van der Waals surface area contributed by atoms with Gasteiger partial charge < -0.3 is 15.2 Å². The highest BCUT2D eigenvalue weighted by atomic mass is 32.1. The molecule has 0 aliphatic heterocycles. The predicted octanol–water partition coefficient (Wildman–Crippen LogP) is 4.03. The summed E-state index contributed by atoms with van der Waals surface area (Å²) in [6, 6.07) is 4.79. The van der Waals surface area contributed by atoms with Gasteiger partial charge in [-0.2, -0.15) is 0 Å². The number of thiazole rings is 1. The molecule has 1 aromatic carbocycles. The number of anilines is 1. The van der Waals surface area contributed by atoms with Gasteiger partial charge in [-0.3, -0.25) is 0 Å². The Morgan fingerprint density at radius 2 is 2.04 bits per heavy atom. The molecule has 0 unspecified atom stereocenters. The van der Waals surface area contributed by atoms with Crippen molar-refractivity contribution in [1.29, 1.82) is 0 Å². The van der Waals surface area contributed by atoms with Gasteiger partial charge in [-0.15, -0.1) is 11.3 Å². The van der Waals surface area contributed by atoms with Gasteiger partial charge in [0.05, 0.1) is 12.8 Å². The van der Waals surface area contributed by atoms with Crippen molar-refractivity contribution < 1.29 is 14.2 Å². The van der Waals surface area contributed by atoms with Gasteiger partial charge in [-0.25, -0.2) is 14.4 Å². The largest absolute Gasteiger partial charge is 0.507 e. The van der Waals surface area contributed by atoms with E-state index < -0.39 is 5.82 Å². The average Bonchev–Trinajstić information content (AvgIpc) is 2.96. The average molecular weight is 333 g/mol. The van der Waals surface area contributed by atoms with Crippen molar-refractivity contribution in [3.05, 3.63) is 29.4 Å². The molecule has 0 aliphatic carbocycles. The van der Waals surface area contributed by atoms with Crippen LogP contribution in [0, 0.1) is 5.82 Å². The molecule has 2 aromatic heterocycles. The molecule has 0 saturated carbocycles. The molecule has 3 rings (SSSR count). The first-order valence-electron chi connectivity index (χ1n) is 7.08. The molecule has 120 valence electrons. The molecular formula is C16H16FN3O2S. The van der Waals surface area contributed by atoms with Crippen LogP contribution in [0.3, 0.4) is 0 Å². The van der Waals surface area contributed by atoms with Crippen LogP contribution in [-0.2, 0) is 0 Å². The Labute approximate surface area is 136 Å². The summed E-state index contributed by atoms with van der Waals surface area (Å²) >= 11 is 1.43. The van der Waals surface area contributed by atoms with Crippen molar-refractivity contribution in [2.75, 3.05) is 12.4 Å². The maximum absolute atomic E-state index is 14.4. The first-order valence-corrected chi connectivity index (χ1v) is 7.96. The third-order valence-corrected chi connectivity index (χ3v) is 4.03. The summed E-state index contributed by atoms with van der Waals surface area (Å²) in [5.74, 6) is -0.558. The zero-order valence-corrected chi connectivity index (χ0v) is 13.7. The van der Waals surface area contributed by atoms with Crippen LogP contribution in [0.25, 0.3) is 22.3 Å². The van der Waals surface area contributed by atoms with Crippen molar-refractivity contribution in [2.45, 2.75) is 19.9 Å².